The lowest BCUT2D eigenvalue weighted by atomic mass is 10.2. The summed E-state index contributed by atoms with van der Waals surface area (Å²) in [5.74, 6) is 0.248. The second-order valence-electron chi connectivity index (χ2n) is 4.17. The van der Waals surface area contributed by atoms with Gasteiger partial charge in [0.15, 0.2) is 5.82 Å². The van der Waals surface area contributed by atoms with Crippen molar-refractivity contribution in [1.82, 2.24) is 15.5 Å². The highest BCUT2D eigenvalue weighted by Crippen LogP contribution is 2.19. The second kappa shape index (κ2) is 6.20. The van der Waals surface area contributed by atoms with Crippen LogP contribution in [0.3, 0.4) is 0 Å². The van der Waals surface area contributed by atoms with Gasteiger partial charge in [-0.25, -0.2) is 0 Å². The Morgan fingerprint density at radius 2 is 2.30 bits per heavy atom. The number of benzene rings is 1. The van der Waals surface area contributed by atoms with E-state index in [0.29, 0.717) is 24.7 Å². The van der Waals surface area contributed by atoms with Crippen molar-refractivity contribution in [2.24, 2.45) is 0 Å². The van der Waals surface area contributed by atoms with Crippen LogP contribution in [-0.2, 0) is 13.0 Å². The molecule has 0 bridgehead atoms. The van der Waals surface area contributed by atoms with Gasteiger partial charge in [-0.15, -0.1) is 0 Å². The minimum Gasteiger partial charge on any atom is -0.339 e. The Morgan fingerprint density at radius 3 is 2.95 bits per heavy atom. The number of nitrogens with zero attached hydrogens (tertiary/aromatic N) is 3. The van der Waals surface area contributed by atoms with Crippen molar-refractivity contribution in [1.29, 1.82) is 0 Å². The minimum atomic E-state index is -0.807. The third kappa shape index (κ3) is 3.35. The van der Waals surface area contributed by atoms with Crippen LogP contribution in [0.2, 0.25) is 0 Å². The Hall–Kier alpha value is -2.35. The van der Waals surface area contributed by atoms with Gasteiger partial charge in [-0.2, -0.15) is 9.37 Å². The van der Waals surface area contributed by atoms with Gasteiger partial charge < -0.3 is 9.84 Å². The lowest BCUT2D eigenvalue weighted by molar-refractivity contribution is -0.387. The zero-order valence-corrected chi connectivity index (χ0v) is 10.8. The van der Waals surface area contributed by atoms with Gasteiger partial charge in [-0.05, 0) is 6.92 Å². The lowest BCUT2D eigenvalue weighted by Crippen LogP contribution is -2.18. The summed E-state index contributed by atoms with van der Waals surface area (Å²) in [5, 5.41) is 17.2. The maximum Gasteiger partial charge on any atom is 0.305 e. The first-order valence-electron chi connectivity index (χ1n) is 5.99. The van der Waals surface area contributed by atoms with E-state index < -0.39 is 16.4 Å². The molecule has 0 fully saturated rings. The molecule has 0 saturated heterocycles. The molecule has 1 aromatic carbocycles. The molecule has 20 heavy (non-hydrogen) atoms. The molecule has 0 amide bonds. The average molecular weight is 280 g/mol. The van der Waals surface area contributed by atoms with Crippen LogP contribution >= 0.6 is 0 Å². The van der Waals surface area contributed by atoms with Crippen molar-refractivity contribution in [3.05, 3.63) is 51.4 Å². The Morgan fingerprint density at radius 1 is 1.50 bits per heavy atom. The normalized spacial score (nSPS) is 10.7. The first kappa shape index (κ1) is 14.1. The molecule has 0 radical (unpaired) electrons. The fraction of sp³-hybridized carbons (Fsp3) is 0.333. The number of rotatable bonds is 6. The van der Waals surface area contributed by atoms with Crippen LogP contribution in [-0.4, -0.2) is 21.6 Å². The second-order valence-corrected chi connectivity index (χ2v) is 4.17. The van der Waals surface area contributed by atoms with Crippen molar-refractivity contribution in [3.8, 4) is 0 Å². The van der Waals surface area contributed by atoms with Crippen molar-refractivity contribution in [2.45, 2.75) is 19.9 Å². The number of nitro benzene ring substituents is 1. The Kier molecular flexibility index (Phi) is 4.36. The topological polar surface area (TPSA) is 94.1 Å². The van der Waals surface area contributed by atoms with Crippen molar-refractivity contribution >= 4 is 5.69 Å². The summed E-state index contributed by atoms with van der Waals surface area (Å²) in [7, 11) is 0. The molecule has 7 nitrogen and oxygen atoms in total. The molecule has 1 aromatic heterocycles. The highest BCUT2D eigenvalue weighted by atomic mass is 19.1. The standard InChI is InChI=1S/C12H13FN4O3/c1-8-15-11(20-16-8)5-6-14-7-9-3-2-4-10(12(9)13)17(18)19/h2-4,14H,5-7H2,1H3. The number of hydrogen-bond donors (Lipinski definition) is 1. The molecule has 0 aliphatic heterocycles. The van der Waals surface area contributed by atoms with Crippen LogP contribution in [0.5, 0.6) is 0 Å². The number of hydrogen-bond acceptors (Lipinski definition) is 6. The number of nitrogens with one attached hydrogen (secondary N) is 1. The SMILES string of the molecule is Cc1noc(CCNCc2cccc([N+](=O)[O-])c2F)n1. The Labute approximate surface area is 114 Å². The monoisotopic (exact) mass is 280 g/mol. The van der Waals surface area contributed by atoms with Crippen molar-refractivity contribution in [2.75, 3.05) is 6.54 Å². The molecule has 0 saturated carbocycles. The summed E-state index contributed by atoms with van der Waals surface area (Å²) in [5.41, 5.74) is -0.266. The summed E-state index contributed by atoms with van der Waals surface area (Å²) in [4.78, 5) is 13.9. The van der Waals surface area contributed by atoms with E-state index >= 15 is 0 Å². The fourth-order valence-electron chi connectivity index (χ4n) is 1.70. The Bertz CT molecular complexity index is 614. The van der Waals surface area contributed by atoms with Crippen molar-refractivity contribution < 1.29 is 13.8 Å². The zero-order chi connectivity index (χ0) is 14.5. The molecule has 0 aliphatic carbocycles. The van der Waals surface area contributed by atoms with Gasteiger partial charge in [0.1, 0.15) is 0 Å². The molecule has 106 valence electrons. The summed E-state index contributed by atoms with van der Waals surface area (Å²) < 4.78 is 18.7. The molecule has 0 atom stereocenters. The average Bonchev–Trinajstić information content (AvgIpc) is 2.82. The van der Waals surface area contributed by atoms with E-state index in [1.807, 2.05) is 0 Å². The smallest absolute Gasteiger partial charge is 0.305 e. The molecular formula is C12H13FN4O3. The van der Waals surface area contributed by atoms with Crippen LogP contribution in [0.15, 0.2) is 22.7 Å². The summed E-state index contributed by atoms with van der Waals surface area (Å²) in [6.07, 6.45) is 0.511. The quantitative estimate of drug-likeness (QED) is 0.492. The molecule has 0 unspecified atom stereocenters. The molecule has 2 aromatic rings. The van der Waals surface area contributed by atoms with Gasteiger partial charge in [0.25, 0.3) is 0 Å². The maximum atomic E-state index is 13.8. The van der Waals surface area contributed by atoms with E-state index in [0.717, 1.165) is 6.07 Å². The van der Waals surface area contributed by atoms with Crippen LogP contribution in [0.1, 0.15) is 17.3 Å². The Balaban J connectivity index is 1.88. The predicted octanol–water partition coefficient (Wildman–Crippen LogP) is 1.76. The van der Waals surface area contributed by atoms with Crippen LogP contribution in [0.4, 0.5) is 10.1 Å². The maximum absolute atomic E-state index is 13.8. The molecule has 1 heterocycles. The molecule has 2 rings (SSSR count). The van der Waals surface area contributed by atoms with Gasteiger partial charge in [-0.3, -0.25) is 10.1 Å². The third-order valence-electron chi connectivity index (χ3n) is 2.66. The molecule has 1 N–H and O–H groups in total. The fourth-order valence-corrected chi connectivity index (χ4v) is 1.70. The van der Waals surface area contributed by atoms with Crippen LogP contribution in [0, 0.1) is 22.9 Å². The number of aryl methyl sites for hydroxylation is 1. The molecule has 8 heteroatoms. The zero-order valence-electron chi connectivity index (χ0n) is 10.8. The molecular weight excluding hydrogens is 267 g/mol. The van der Waals surface area contributed by atoms with Gasteiger partial charge in [0.2, 0.25) is 11.7 Å². The van der Waals surface area contributed by atoms with E-state index in [2.05, 4.69) is 15.5 Å². The van der Waals surface area contributed by atoms with Gasteiger partial charge in [0.05, 0.1) is 4.92 Å². The van der Waals surface area contributed by atoms with Gasteiger partial charge >= 0.3 is 5.69 Å². The van der Waals surface area contributed by atoms with Gasteiger partial charge in [0, 0.05) is 31.1 Å². The van der Waals surface area contributed by atoms with E-state index in [1.165, 1.54) is 12.1 Å². The highest BCUT2D eigenvalue weighted by molar-refractivity contribution is 5.36. The molecule has 0 spiro atoms. The number of halogens is 1. The minimum absolute atomic E-state index is 0.195. The number of aromatic nitrogens is 2. The molecule has 0 aliphatic rings. The third-order valence-corrected chi connectivity index (χ3v) is 2.66. The van der Waals surface area contributed by atoms with Crippen LogP contribution < -0.4 is 5.32 Å². The lowest BCUT2D eigenvalue weighted by Gasteiger charge is -2.04. The van der Waals surface area contributed by atoms with Crippen LogP contribution in [0.25, 0.3) is 0 Å². The largest absolute Gasteiger partial charge is 0.339 e. The summed E-state index contributed by atoms with van der Waals surface area (Å²) >= 11 is 0. The highest BCUT2D eigenvalue weighted by Gasteiger charge is 2.16. The van der Waals surface area contributed by atoms with Crippen molar-refractivity contribution in [3.63, 3.8) is 0 Å². The first-order chi connectivity index (χ1) is 9.58. The summed E-state index contributed by atoms with van der Waals surface area (Å²) in [6.45, 7) is 2.42. The van der Waals surface area contributed by atoms with E-state index in [1.54, 1.807) is 6.92 Å². The number of nitro groups is 1. The van der Waals surface area contributed by atoms with Gasteiger partial charge in [-0.1, -0.05) is 17.3 Å². The van der Waals surface area contributed by atoms with E-state index in [-0.39, 0.29) is 12.1 Å². The summed E-state index contributed by atoms with van der Waals surface area (Å²) in [6, 6.07) is 4.10. The van der Waals surface area contributed by atoms with E-state index in [9.17, 15) is 14.5 Å². The predicted molar refractivity (Wildman–Crippen MR) is 67.5 cm³/mol. The van der Waals surface area contributed by atoms with E-state index in [4.69, 9.17) is 4.52 Å². The first-order valence-corrected chi connectivity index (χ1v) is 5.99.